The summed E-state index contributed by atoms with van der Waals surface area (Å²) >= 11 is 3.58. The fraction of sp³-hybridized carbons (Fsp3) is 0.250. The molecule has 94 valence electrons. The predicted octanol–water partition coefficient (Wildman–Crippen LogP) is 4.61. The number of hydrogen-bond donors (Lipinski definition) is 1. The molecular weight excluding hydrogens is 286 g/mol. The SMILES string of the molecule is Cc1ccccc1[C@@H](C)NCc1ccccc1Br. The van der Waals surface area contributed by atoms with Crippen molar-refractivity contribution in [3.63, 3.8) is 0 Å². The first kappa shape index (κ1) is 13.3. The summed E-state index contributed by atoms with van der Waals surface area (Å²) < 4.78 is 1.16. The van der Waals surface area contributed by atoms with Crippen molar-refractivity contribution in [2.75, 3.05) is 0 Å². The topological polar surface area (TPSA) is 12.0 Å². The predicted molar refractivity (Wildman–Crippen MR) is 80.6 cm³/mol. The molecule has 0 spiro atoms. The fourth-order valence-electron chi connectivity index (χ4n) is 2.09. The van der Waals surface area contributed by atoms with E-state index < -0.39 is 0 Å². The molecule has 0 aliphatic heterocycles. The first-order chi connectivity index (χ1) is 8.68. The molecule has 2 heteroatoms. The van der Waals surface area contributed by atoms with Crippen molar-refractivity contribution in [2.45, 2.75) is 26.4 Å². The molecule has 1 atom stereocenters. The third-order valence-corrected chi connectivity index (χ3v) is 3.99. The van der Waals surface area contributed by atoms with Gasteiger partial charge >= 0.3 is 0 Å². The van der Waals surface area contributed by atoms with Gasteiger partial charge in [-0.25, -0.2) is 0 Å². The summed E-state index contributed by atoms with van der Waals surface area (Å²) in [6, 6.07) is 17.2. The average Bonchev–Trinajstić information content (AvgIpc) is 2.38. The van der Waals surface area contributed by atoms with Gasteiger partial charge in [-0.1, -0.05) is 58.4 Å². The molecule has 2 aromatic carbocycles. The van der Waals surface area contributed by atoms with Crippen LogP contribution < -0.4 is 5.32 Å². The summed E-state index contributed by atoms with van der Waals surface area (Å²) in [6.07, 6.45) is 0. The highest BCUT2D eigenvalue weighted by atomic mass is 79.9. The lowest BCUT2D eigenvalue weighted by molar-refractivity contribution is 0.571. The summed E-state index contributed by atoms with van der Waals surface area (Å²) in [7, 11) is 0. The van der Waals surface area contributed by atoms with Crippen molar-refractivity contribution < 1.29 is 0 Å². The van der Waals surface area contributed by atoms with Crippen molar-refractivity contribution in [3.8, 4) is 0 Å². The standard InChI is InChI=1S/C16H18BrN/c1-12-7-3-5-9-15(12)13(2)18-11-14-8-4-6-10-16(14)17/h3-10,13,18H,11H2,1-2H3/t13-/m1/s1. The summed E-state index contributed by atoms with van der Waals surface area (Å²) in [4.78, 5) is 0. The van der Waals surface area contributed by atoms with E-state index in [2.05, 4.69) is 77.6 Å². The van der Waals surface area contributed by atoms with Crippen molar-refractivity contribution in [2.24, 2.45) is 0 Å². The molecule has 18 heavy (non-hydrogen) atoms. The van der Waals surface area contributed by atoms with E-state index in [1.54, 1.807) is 0 Å². The number of halogens is 1. The van der Waals surface area contributed by atoms with Gasteiger partial charge in [0.15, 0.2) is 0 Å². The smallest absolute Gasteiger partial charge is 0.0297 e. The molecule has 1 nitrogen and oxygen atoms in total. The van der Waals surface area contributed by atoms with Gasteiger partial charge < -0.3 is 5.32 Å². The van der Waals surface area contributed by atoms with Crippen molar-refractivity contribution >= 4 is 15.9 Å². The molecular formula is C16H18BrN. The fourth-order valence-corrected chi connectivity index (χ4v) is 2.51. The van der Waals surface area contributed by atoms with Crippen LogP contribution in [0.4, 0.5) is 0 Å². The maximum Gasteiger partial charge on any atom is 0.0297 e. The highest BCUT2D eigenvalue weighted by molar-refractivity contribution is 9.10. The quantitative estimate of drug-likeness (QED) is 0.870. The van der Waals surface area contributed by atoms with E-state index in [-0.39, 0.29) is 0 Å². The summed E-state index contributed by atoms with van der Waals surface area (Å²) in [6.45, 7) is 5.24. The van der Waals surface area contributed by atoms with Gasteiger partial charge in [-0.2, -0.15) is 0 Å². The van der Waals surface area contributed by atoms with Gasteiger partial charge in [-0.15, -0.1) is 0 Å². The minimum absolute atomic E-state index is 0.360. The maximum atomic E-state index is 3.58. The molecule has 0 aliphatic rings. The first-order valence-electron chi connectivity index (χ1n) is 6.21. The van der Waals surface area contributed by atoms with Crippen molar-refractivity contribution in [3.05, 3.63) is 69.7 Å². The van der Waals surface area contributed by atoms with Gasteiger partial charge in [0.2, 0.25) is 0 Å². The molecule has 0 fully saturated rings. The van der Waals surface area contributed by atoms with Crippen LogP contribution in [0.5, 0.6) is 0 Å². The van der Waals surface area contributed by atoms with E-state index in [0.29, 0.717) is 6.04 Å². The molecule has 0 radical (unpaired) electrons. The van der Waals surface area contributed by atoms with E-state index in [9.17, 15) is 0 Å². The summed E-state index contributed by atoms with van der Waals surface area (Å²) in [5.41, 5.74) is 3.99. The Bertz CT molecular complexity index is 522. The van der Waals surface area contributed by atoms with E-state index in [0.717, 1.165) is 11.0 Å². The Balaban J connectivity index is 2.03. The van der Waals surface area contributed by atoms with Gasteiger partial charge in [-0.05, 0) is 36.6 Å². The minimum Gasteiger partial charge on any atom is -0.306 e. The second kappa shape index (κ2) is 6.17. The molecule has 0 aromatic heterocycles. The number of aryl methyl sites for hydroxylation is 1. The maximum absolute atomic E-state index is 3.58. The Morgan fingerprint density at radius 3 is 2.44 bits per heavy atom. The number of hydrogen-bond acceptors (Lipinski definition) is 1. The molecule has 1 N–H and O–H groups in total. The van der Waals surface area contributed by atoms with Crippen LogP contribution in [0, 0.1) is 6.92 Å². The van der Waals surface area contributed by atoms with Gasteiger partial charge in [0, 0.05) is 17.1 Å². The van der Waals surface area contributed by atoms with Crippen LogP contribution in [0.2, 0.25) is 0 Å². The summed E-state index contributed by atoms with van der Waals surface area (Å²) in [5, 5.41) is 3.57. The van der Waals surface area contributed by atoms with Gasteiger partial charge in [0.05, 0.1) is 0 Å². The molecule has 0 aliphatic carbocycles. The lowest BCUT2D eigenvalue weighted by Crippen LogP contribution is -2.19. The zero-order valence-corrected chi connectivity index (χ0v) is 12.4. The molecule has 0 unspecified atom stereocenters. The average molecular weight is 304 g/mol. The summed E-state index contributed by atoms with van der Waals surface area (Å²) in [5.74, 6) is 0. The molecule has 0 bridgehead atoms. The van der Waals surface area contributed by atoms with Crippen LogP contribution in [0.3, 0.4) is 0 Å². The van der Waals surface area contributed by atoms with Crippen LogP contribution in [-0.4, -0.2) is 0 Å². The normalized spacial score (nSPS) is 12.4. The van der Waals surface area contributed by atoms with Crippen LogP contribution in [0.15, 0.2) is 53.0 Å². The highest BCUT2D eigenvalue weighted by Crippen LogP contribution is 2.19. The molecule has 0 amide bonds. The number of nitrogens with one attached hydrogen (secondary N) is 1. The monoisotopic (exact) mass is 303 g/mol. The second-order valence-electron chi connectivity index (χ2n) is 4.55. The Morgan fingerprint density at radius 2 is 1.72 bits per heavy atom. The third-order valence-electron chi connectivity index (χ3n) is 3.21. The van der Waals surface area contributed by atoms with Crippen LogP contribution >= 0.6 is 15.9 Å². The Kier molecular flexibility index (Phi) is 4.56. The molecule has 2 aromatic rings. The van der Waals surface area contributed by atoms with Crippen molar-refractivity contribution in [1.29, 1.82) is 0 Å². The lowest BCUT2D eigenvalue weighted by atomic mass is 10.0. The van der Waals surface area contributed by atoms with Crippen LogP contribution in [0.1, 0.15) is 29.7 Å². The number of benzene rings is 2. The van der Waals surface area contributed by atoms with E-state index in [4.69, 9.17) is 0 Å². The first-order valence-corrected chi connectivity index (χ1v) is 7.00. The zero-order valence-electron chi connectivity index (χ0n) is 10.8. The molecule has 2 rings (SSSR count). The van der Waals surface area contributed by atoms with Gasteiger partial charge in [0.1, 0.15) is 0 Å². The van der Waals surface area contributed by atoms with E-state index in [1.807, 2.05) is 6.07 Å². The van der Waals surface area contributed by atoms with Crippen LogP contribution in [-0.2, 0) is 6.54 Å². The molecule has 0 heterocycles. The third kappa shape index (κ3) is 3.21. The van der Waals surface area contributed by atoms with Gasteiger partial charge in [-0.3, -0.25) is 0 Å². The van der Waals surface area contributed by atoms with Gasteiger partial charge in [0.25, 0.3) is 0 Å². The highest BCUT2D eigenvalue weighted by Gasteiger charge is 2.07. The Hall–Kier alpha value is -1.12. The largest absolute Gasteiger partial charge is 0.306 e. The second-order valence-corrected chi connectivity index (χ2v) is 5.40. The molecule has 0 saturated carbocycles. The molecule has 0 saturated heterocycles. The van der Waals surface area contributed by atoms with Crippen molar-refractivity contribution in [1.82, 2.24) is 5.32 Å². The number of rotatable bonds is 4. The Labute approximate surface area is 117 Å². The van der Waals surface area contributed by atoms with E-state index >= 15 is 0 Å². The minimum atomic E-state index is 0.360. The Morgan fingerprint density at radius 1 is 1.06 bits per heavy atom. The van der Waals surface area contributed by atoms with Crippen LogP contribution in [0.25, 0.3) is 0 Å². The lowest BCUT2D eigenvalue weighted by Gasteiger charge is -2.17. The van der Waals surface area contributed by atoms with E-state index in [1.165, 1.54) is 16.7 Å². The zero-order chi connectivity index (χ0) is 13.0.